The van der Waals surface area contributed by atoms with E-state index in [1.54, 1.807) is 44.2 Å². The normalized spacial score (nSPS) is 14.8. The molecular weight excluding hydrogens is 440 g/mol. The van der Waals surface area contributed by atoms with Gasteiger partial charge in [0.25, 0.3) is 17.1 Å². The number of rotatable bonds is 8. The monoisotopic (exact) mass is 460 g/mol. The molecule has 31 heavy (non-hydrogen) atoms. The number of benzene rings is 2. The number of likely N-dealkylation sites (N-methyl/N-ethyl adjacent to an activating group) is 1. The van der Waals surface area contributed by atoms with E-state index in [2.05, 4.69) is 5.32 Å². The van der Waals surface area contributed by atoms with E-state index >= 15 is 0 Å². The van der Waals surface area contributed by atoms with E-state index in [4.69, 9.17) is 21.1 Å². The number of ether oxygens (including phenoxy) is 2. The van der Waals surface area contributed by atoms with Gasteiger partial charge in [-0.05, 0) is 61.5 Å². The van der Waals surface area contributed by atoms with Gasteiger partial charge in [0.1, 0.15) is 0 Å². The second-order valence-electron chi connectivity index (χ2n) is 6.39. The summed E-state index contributed by atoms with van der Waals surface area (Å²) in [6.07, 6.45) is 1.58. The zero-order valence-corrected chi connectivity index (χ0v) is 18.6. The van der Waals surface area contributed by atoms with Crippen LogP contribution in [0.5, 0.6) is 11.5 Å². The second-order valence-corrected chi connectivity index (χ2v) is 7.79. The molecule has 1 saturated heterocycles. The molecule has 1 fully saturated rings. The zero-order valence-electron chi connectivity index (χ0n) is 17.0. The summed E-state index contributed by atoms with van der Waals surface area (Å²) in [5.74, 6) is -0.124. The molecule has 0 spiro atoms. The average molecular weight is 461 g/mol. The van der Waals surface area contributed by atoms with Crippen molar-refractivity contribution >= 4 is 52.2 Å². The van der Waals surface area contributed by atoms with Crippen LogP contribution >= 0.6 is 23.4 Å². The van der Waals surface area contributed by atoms with Crippen molar-refractivity contribution in [2.24, 2.45) is 0 Å². The quantitative estimate of drug-likeness (QED) is 0.569. The predicted octanol–water partition coefficient (Wildman–Crippen LogP) is 4.81. The fraction of sp³-hybridized carbons (Fsp3) is 0.227. The number of carbonyl (C=O) groups excluding carboxylic acids is 3. The maximum absolute atomic E-state index is 12.3. The molecule has 1 aliphatic heterocycles. The molecule has 3 rings (SSSR count). The number of carbonyl (C=O) groups is 3. The summed E-state index contributed by atoms with van der Waals surface area (Å²) >= 11 is 7.26. The molecular formula is C22H21ClN2O5S. The zero-order chi connectivity index (χ0) is 22.4. The maximum atomic E-state index is 12.3. The lowest BCUT2D eigenvalue weighted by Gasteiger charge is -2.14. The van der Waals surface area contributed by atoms with Gasteiger partial charge in [-0.3, -0.25) is 19.3 Å². The predicted molar refractivity (Wildman–Crippen MR) is 122 cm³/mol. The Morgan fingerprint density at radius 2 is 1.90 bits per heavy atom. The minimum atomic E-state index is -0.345. The molecule has 1 heterocycles. The summed E-state index contributed by atoms with van der Waals surface area (Å²) < 4.78 is 11.3. The first-order valence-electron chi connectivity index (χ1n) is 9.62. The first kappa shape index (κ1) is 22.7. The summed E-state index contributed by atoms with van der Waals surface area (Å²) in [7, 11) is 0. The van der Waals surface area contributed by atoms with Crippen molar-refractivity contribution in [1.82, 2.24) is 4.90 Å². The van der Waals surface area contributed by atoms with Gasteiger partial charge in [0.05, 0.1) is 16.5 Å². The van der Waals surface area contributed by atoms with Gasteiger partial charge in [0.2, 0.25) is 0 Å². The molecule has 0 saturated carbocycles. The minimum absolute atomic E-state index is 0.222. The van der Waals surface area contributed by atoms with E-state index in [1.807, 2.05) is 18.2 Å². The van der Waals surface area contributed by atoms with Crippen LogP contribution < -0.4 is 14.8 Å². The Balaban J connectivity index is 1.77. The molecule has 2 aromatic rings. The number of imide groups is 1. The molecule has 162 valence electrons. The third-order valence-electron chi connectivity index (χ3n) is 4.22. The highest BCUT2D eigenvalue weighted by molar-refractivity contribution is 8.18. The number of amides is 3. The molecule has 9 heteroatoms. The van der Waals surface area contributed by atoms with E-state index in [-0.39, 0.29) is 34.4 Å². The van der Waals surface area contributed by atoms with E-state index in [9.17, 15) is 14.4 Å². The first-order chi connectivity index (χ1) is 14.9. The van der Waals surface area contributed by atoms with E-state index in [0.717, 1.165) is 11.8 Å². The number of nitrogens with one attached hydrogen (secondary N) is 1. The van der Waals surface area contributed by atoms with Crippen molar-refractivity contribution < 1.29 is 23.9 Å². The van der Waals surface area contributed by atoms with Crippen molar-refractivity contribution in [2.45, 2.75) is 13.8 Å². The Morgan fingerprint density at radius 3 is 2.55 bits per heavy atom. The van der Waals surface area contributed by atoms with Crippen LogP contribution in [-0.2, 0) is 9.59 Å². The molecule has 7 nitrogen and oxygen atoms in total. The molecule has 0 aliphatic carbocycles. The number of nitrogens with zero attached hydrogens (tertiary/aromatic N) is 1. The Labute approximate surface area is 189 Å². The summed E-state index contributed by atoms with van der Waals surface area (Å²) in [5, 5.41) is 2.64. The van der Waals surface area contributed by atoms with E-state index < -0.39 is 0 Å². The van der Waals surface area contributed by atoms with Crippen LogP contribution in [0, 0.1) is 0 Å². The van der Waals surface area contributed by atoms with Crippen LogP contribution in [0.25, 0.3) is 6.08 Å². The van der Waals surface area contributed by atoms with E-state index in [1.165, 1.54) is 4.90 Å². The summed E-state index contributed by atoms with van der Waals surface area (Å²) in [5.41, 5.74) is 1.24. The first-order valence-corrected chi connectivity index (χ1v) is 10.8. The number of para-hydroxylation sites is 1. The van der Waals surface area contributed by atoms with Crippen molar-refractivity contribution in [3.8, 4) is 11.5 Å². The van der Waals surface area contributed by atoms with Crippen LogP contribution in [0.4, 0.5) is 10.5 Å². The lowest BCUT2D eigenvalue weighted by atomic mass is 10.1. The Morgan fingerprint density at radius 1 is 1.16 bits per heavy atom. The van der Waals surface area contributed by atoms with Crippen molar-refractivity contribution in [3.63, 3.8) is 0 Å². The molecule has 3 amide bonds. The average Bonchev–Trinajstić information content (AvgIpc) is 3.00. The molecule has 0 bridgehead atoms. The summed E-state index contributed by atoms with van der Waals surface area (Å²) in [4.78, 5) is 37.9. The summed E-state index contributed by atoms with van der Waals surface area (Å²) in [6.45, 7) is 3.94. The Bertz CT molecular complexity index is 1030. The molecule has 1 N–H and O–H groups in total. The van der Waals surface area contributed by atoms with Gasteiger partial charge in [-0.25, -0.2) is 0 Å². The summed E-state index contributed by atoms with van der Waals surface area (Å²) in [6, 6.07) is 12.3. The number of halogens is 1. The van der Waals surface area contributed by atoms with Gasteiger partial charge in [-0.1, -0.05) is 29.8 Å². The Kier molecular flexibility index (Phi) is 7.59. The fourth-order valence-corrected chi connectivity index (χ4v) is 4.03. The molecule has 0 atom stereocenters. The number of hydrogen-bond donors (Lipinski definition) is 1. The van der Waals surface area contributed by atoms with Gasteiger partial charge in [-0.15, -0.1) is 0 Å². The Hall–Kier alpha value is -2.97. The highest BCUT2D eigenvalue weighted by Gasteiger charge is 2.33. The molecule has 0 unspecified atom stereocenters. The van der Waals surface area contributed by atoms with Crippen LogP contribution in [0.2, 0.25) is 5.02 Å². The highest BCUT2D eigenvalue weighted by Crippen LogP contribution is 2.39. The van der Waals surface area contributed by atoms with Crippen molar-refractivity contribution in [3.05, 3.63) is 58.0 Å². The number of hydrogen-bond acceptors (Lipinski definition) is 6. The second kappa shape index (κ2) is 10.4. The highest BCUT2D eigenvalue weighted by atomic mass is 35.5. The van der Waals surface area contributed by atoms with Gasteiger partial charge >= 0.3 is 0 Å². The fourth-order valence-electron chi connectivity index (χ4n) is 2.85. The molecule has 1 aliphatic rings. The van der Waals surface area contributed by atoms with Gasteiger partial charge in [0, 0.05) is 12.2 Å². The van der Waals surface area contributed by atoms with Crippen LogP contribution in [-0.4, -0.2) is 41.7 Å². The smallest absolute Gasteiger partial charge is 0.293 e. The SMILES string of the molecule is CCOc1cc(/C=C2/SC(=O)N(CC)C2=O)cc(Cl)c1OCC(=O)Nc1ccccc1. The van der Waals surface area contributed by atoms with Gasteiger partial charge < -0.3 is 14.8 Å². The minimum Gasteiger partial charge on any atom is -0.490 e. The third kappa shape index (κ3) is 5.59. The lowest BCUT2D eigenvalue weighted by molar-refractivity contribution is -0.122. The maximum Gasteiger partial charge on any atom is 0.293 e. The molecule has 0 radical (unpaired) electrons. The largest absolute Gasteiger partial charge is 0.490 e. The van der Waals surface area contributed by atoms with E-state index in [0.29, 0.717) is 35.1 Å². The van der Waals surface area contributed by atoms with Crippen LogP contribution in [0.1, 0.15) is 19.4 Å². The topological polar surface area (TPSA) is 84.9 Å². The van der Waals surface area contributed by atoms with Crippen LogP contribution in [0.3, 0.4) is 0 Å². The number of anilines is 1. The van der Waals surface area contributed by atoms with Crippen LogP contribution in [0.15, 0.2) is 47.4 Å². The lowest BCUT2D eigenvalue weighted by Crippen LogP contribution is -2.27. The van der Waals surface area contributed by atoms with Crippen molar-refractivity contribution in [1.29, 1.82) is 0 Å². The third-order valence-corrected chi connectivity index (χ3v) is 5.41. The van der Waals surface area contributed by atoms with Crippen molar-refractivity contribution in [2.75, 3.05) is 25.1 Å². The molecule has 2 aromatic carbocycles. The number of thioether (sulfide) groups is 1. The molecule has 0 aromatic heterocycles. The van der Waals surface area contributed by atoms with Gasteiger partial charge in [0.15, 0.2) is 18.1 Å². The van der Waals surface area contributed by atoms with Gasteiger partial charge in [-0.2, -0.15) is 0 Å². The standard InChI is InChI=1S/C22H21ClN2O5S/c1-3-25-21(27)18(31-22(25)28)12-14-10-16(23)20(17(11-14)29-4-2)30-13-19(26)24-15-8-6-5-7-9-15/h5-12H,3-4,13H2,1-2H3,(H,24,26)/b18-12+.